The van der Waals surface area contributed by atoms with Gasteiger partial charge in [-0.15, -0.1) is 13.2 Å². The first-order valence-electron chi connectivity index (χ1n) is 19.5. The highest BCUT2D eigenvalue weighted by molar-refractivity contribution is 5.86. The van der Waals surface area contributed by atoms with Gasteiger partial charge in [0.05, 0.1) is 0 Å². The number of aryl methyl sites for hydroxylation is 1. The van der Waals surface area contributed by atoms with Crippen molar-refractivity contribution >= 4 is 23.3 Å². The Bertz CT molecular complexity index is 2060. The zero-order valence-electron chi connectivity index (χ0n) is 31.5. The van der Waals surface area contributed by atoms with Gasteiger partial charge in [0, 0.05) is 11.6 Å². The smallest absolute Gasteiger partial charge is 0.399 e. The van der Waals surface area contributed by atoms with E-state index in [2.05, 4.69) is 35.9 Å². The number of hydrogen-bond donors (Lipinski definition) is 0. The molecule has 10 heteroatoms. The Hall–Kier alpha value is -4.47. The van der Waals surface area contributed by atoms with Crippen LogP contribution in [-0.2, 0) is 19.3 Å². The fourth-order valence-corrected chi connectivity index (χ4v) is 8.26. The topological polar surface area (TPSA) is 9.23 Å². The molecule has 4 aromatic carbocycles. The molecule has 298 valence electrons. The lowest BCUT2D eigenvalue weighted by Gasteiger charge is -2.28. The molecule has 0 aromatic heterocycles. The van der Waals surface area contributed by atoms with Crippen LogP contribution in [0.2, 0.25) is 0 Å². The van der Waals surface area contributed by atoms with E-state index in [1.165, 1.54) is 73.1 Å². The maximum absolute atomic E-state index is 14.6. The number of halogens is 9. The van der Waals surface area contributed by atoms with Gasteiger partial charge in [-0.2, -0.15) is 0 Å². The molecule has 0 aliphatic heterocycles. The highest BCUT2D eigenvalue weighted by Crippen LogP contribution is 2.41. The average molecular weight is 785 g/mol. The molecule has 3 aliphatic rings. The normalized spacial score (nSPS) is 17.9. The van der Waals surface area contributed by atoms with Crippen LogP contribution in [0.25, 0.3) is 23.3 Å². The van der Waals surface area contributed by atoms with E-state index in [4.69, 9.17) is 0 Å². The van der Waals surface area contributed by atoms with Crippen LogP contribution in [0.5, 0.6) is 5.75 Å². The number of fused-ring (bicyclic) bond motifs is 2. The van der Waals surface area contributed by atoms with Gasteiger partial charge >= 0.3 is 6.36 Å². The van der Waals surface area contributed by atoms with Crippen LogP contribution in [0.3, 0.4) is 0 Å². The fraction of sp³-hybridized carbons (Fsp3) is 0.391. The van der Waals surface area contributed by atoms with Crippen molar-refractivity contribution in [3.8, 4) is 5.75 Å². The maximum Gasteiger partial charge on any atom is 0.573 e. The Morgan fingerprint density at radius 3 is 1.91 bits per heavy atom. The Kier molecular flexibility index (Phi) is 13.1. The van der Waals surface area contributed by atoms with E-state index < -0.39 is 47.0 Å². The summed E-state index contributed by atoms with van der Waals surface area (Å²) < 4.78 is 126. The average Bonchev–Trinajstić information content (AvgIpc) is 3.16. The summed E-state index contributed by atoms with van der Waals surface area (Å²) in [7, 11) is 0. The molecule has 0 heterocycles. The third kappa shape index (κ3) is 9.72. The van der Waals surface area contributed by atoms with Crippen LogP contribution in [0.4, 0.5) is 39.5 Å². The minimum atomic E-state index is -5.25. The molecule has 7 rings (SSSR count). The van der Waals surface area contributed by atoms with Gasteiger partial charge in [-0.1, -0.05) is 69.5 Å². The second-order valence-electron chi connectivity index (χ2n) is 15.1. The molecule has 0 amide bonds. The molecule has 0 spiro atoms. The third-order valence-electron chi connectivity index (χ3n) is 11.3. The number of allylic oxidation sites excluding steroid dienone is 2. The predicted molar refractivity (Wildman–Crippen MR) is 203 cm³/mol. The molecule has 1 saturated carbocycles. The molecule has 1 nitrogen and oxygen atoms in total. The molecule has 1 fully saturated rings. The Labute approximate surface area is 322 Å². The number of ether oxygens (including phenoxy) is 1. The largest absolute Gasteiger partial charge is 0.573 e. The number of benzene rings is 4. The lowest BCUT2D eigenvalue weighted by molar-refractivity contribution is -0.276. The van der Waals surface area contributed by atoms with E-state index >= 15 is 0 Å². The third-order valence-corrected chi connectivity index (χ3v) is 11.3. The van der Waals surface area contributed by atoms with Gasteiger partial charge in [0.2, 0.25) is 5.75 Å². The first-order valence-corrected chi connectivity index (χ1v) is 19.5. The van der Waals surface area contributed by atoms with Crippen LogP contribution in [0, 0.1) is 40.8 Å². The van der Waals surface area contributed by atoms with Gasteiger partial charge in [0.15, 0.2) is 11.6 Å². The summed E-state index contributed by atoms with van der Waals surface area (Å²) in [6, 6.07) is 14.5. The first-order chi connectivity index (χ1) is 26.7. The van der Waals surface area contributed by atoms with E-state index in [9.17, 15) is 39.5 Å². The van der Waals surface area contributed by atoms with Crippen LogP contribution in [0.1, 0.15) is 128 Å². The quantitative estimate of drug-likeness (QED) is 0.121. The highest BCUT2D eigenvalue weighted by atomic mass is 19.4. The summed E-state index contributed by atoms with van der Waals surface area (Å²) in [6.07, 6.45) is 8.99. The SMILES string of the molecule is CCC1CCC(c2ccc(C3=Cc4cc(F)cc(F)c4CC3)cc2)CC1.CCCCCc1cc(F)c(C2=Cc3cc(F)c(OC(F)(F)F)c(F)c3CC2)c(F)c1. The van der Waals surface area contributed by atoms with Gasteiger partial charge in [0.1, 0.15) is 23.3 Å². The van der Waals surface area contributed by atoms with Gasteiger partial charge in [0.25, 0.3) is 0 Å². The maximum atomic E-state index is 14.6. The van der Waals surface area contributed by atoms with Gasteiger partial charge < -0.3 is 4.74 Å². The monoisotopic (exact) mass is 784 g/mol. The van der Waals surface area contributed by atoms with Crippen LogP contribution >= 0.6 is 0 Å². The predicted octanol–water partition coefficient (Wildman–Crippen LogP) is 14.5. The molecular formula is C46H45F9O. The number of hydrogen-bond acceptors (Lipinski definition) is 1. The number of alkyl halides is 3. The van der Waals surface area contributed by atoms with Crippen molar-refractivity contribution < 1.29 is 44.3 Å². The van der Waals surface area contributed by atoms with E-state index in [1.54, 1.807) is 0 Å². The van der Waals surface area contributed by atoms with Gasteiger partial charge in [-0.25, -0.2) is 26.3 Å². The van der Waals surface area contributed by atoms with Gasteiger partial charge in [-0.05, 0) is 150 Å². The Balaban J connectivity index is 0.000000191. The van der Waals surface area contributed by atoms with E-state index in [0.29, 0.717) is 41.5 Å². The lowest BCUT2D eigenvalue weighted by atomic mass is 9.77. The van der Waals surface area contributed by atoms with Crippen LogP contribution in [0.15, 0.2) is 54.6 Å². The Morgan fingerprint density at radius 1 is 0.643 bits per heavy atom. The van der Waals surface area contributed by atoms with Crippen molar-refractivity contribution in [3.63, 3.8) is 0 Å². The molecule has 0 atom stereocenters. The van der Waals surface area contributed by atoms with E-state index in [0.717, 1.165) is 37.7 Å². The second kappa shape index (κ2) is 17.8. The van der Waals surface area contributed by atoms with Gasteiger partial charge in [-0.3, -0.25) is 0 Å². The number of unbranched alkanes of at least 4 members (excludes halogenated alkanes) is 2. The van der Waals surface area contributed by atoms with Crippen LogP contribution < -0.4 is 4.74 Å². The van der Waals surface area contributed by atoms with Crippen molar-refractivity contribution in [2.45, 2.75) is 110 Å². The summed E-state index contributed by atoms with van der Waals surface area (Å²) in [6.45, 7) is 4.31. The minimum Gasteiger partial charge on any atom is -0.399 e. The highest BCUT2D eigenvalue weighted by Gasteiger charge is 2.36. The fourth-order valence-electron chi connectivity index (χ4n) is 8.26. The van der Waals surface area contributed by atoms with E-state index in [1.807, 2.05) is 13.0 Å². The molecule has 3 aliphatic carbocycles. The molecular weight excluding hydrogens is 739 g/mol. The molecule has 56 heavy (non-hydrogen) atoms. The van der Waals surface area contributed by atoms with Crippen molar-refractivity contribution in [2.75, 3.05) is 0 Å². The molecule has 0 unspecified atom stereocenters. The van der Waals surface area contributed by atoms with Crippen molar-refractivity contribution in [2.24, 2.45) is 5.92 Å². The molecule has 0 saturated heterocycles. The first kappa shape index (κ1) is 41.2. The number of rotatable bonds is 9. The summed E-state index contributed by atoms with van der Waals surface area (Å²) in [4.78, 5) is 0. The molecule has 4 aromatic rings. The second-order valence-corrected chi connectivity index (χ2v) is 15.1. The summed E-state index contributed by atoms with van der Waals surface area (Å²) in [5, 5.41) is 0. The summed E-state index contributed by atoms with van der Waals surface area (Å²) >= 11 is 0. The lowest BCUT2D eigenvalue weighted by Crippen LogP contribution is -2.20. The Morgan fingerprint density at radius 2 is 1.27 bits per heavy atom. The van der Waals surface area contributed by atoms with Crippen molar-refractivity contribution in [1.82, 2.24) is 0 Å². The molecule has 0 N–H and O–H groups in total. The zero-order chi connectivity index (χ0) is 40.1. The summed E-state index contributed by atoms with van der Waals surface area (Å²) in [5.41, 5.74) is 5.24. The summed E-state index contributed by atoms with van der Waals surface area (Å²) in [5.74, 6) is -5.44. The van der Waals surface area contributed by atoms with Crippen LogP contribution in [-0.4, -0.2) is 6.36 Å². The minimum absolute atomic E-state index is 0.0238. The molecule has 0 bridgehead atoms. The van der Waals surface area contributed by atoms with Crippen molar-refractivity contribution in [1.29, 1.82) is 0 Å². The zero-order valence-corrected chi connectivity index (χ0v) is 31.5. The van der Waals surface area contributed by atoms with E-state index in [-0.39, 0.29) is 35.1 Å². The van der Waals surface area contributed by atoms with Crippen molar-refractivity contribution in [3.05, 3.63) is 134 Å². The standard InChI is InChI=1S/C24H26F2.C22H19F7O/c1-2-16-3-5-17(6-4-16)18-7-9-19(10-8-18)20-11-12-23-21(13-20)14-22(25)15-24(23)26;1-2-3-4-5-12-8-16(23)19(17(24)9-12)13-6-7-15-14(10-13)11-18(25)21(20(15)26)30-22(27,28)29/h7-10,13-17H,2-6,11-12H2,1H3;8-11H,2-7H2,1H3. The molecule has 0 radical (unpaired) electrons.